The van der Waals surface area contributed by atoms with Gasteiger partial charge >= 0.3 is 0 Å². The number of hydrogen-bond acceptors (Lipinski definition) is 2. The number of benzene rings is 3. The third kappa shape index (κ3) is 7.17. The summed E-state index contributed by atoms with van der Waals surface area (Å²) < 4.78 is 56.5. The van der Waals surface area contributed by atoms with Gasteiger partial charge in [-0.15, -0.1) is 0 Å². The Morgan fingerprint density at radius 1 is 0.686 bits per heavy atom. The first kappa shape index (κ1) is 25.5. The van der Waals surface area contributed by atoms with Crippen molar-refractivity contribution in [2.45, 2.75) is 26.2 Å². The van der Waals surface area contributed by atoms with Crippen molar-refractivity contribution in [3.63, 3.8) is 0 Å². The van der Waals surface area contributed by atoms with Gasteiger partial charge < -0.3 is 0 Å². The van der Waals surface area contributed by atoms with Gasteiger partial charge in [0.05, 0.1) is 10.7 Å². The summed E-state index contributed by atoms with van der Waals surface area (Å²) in [6, 6.07) is 11.0. The van der Waals surface area contributed by atoms with E-state index in [2.05, 4.69) is 52.7 Å². The van der Waals surface area contributed by atoms with Crippen molar-refractivity contribution in [3.05, 3.63) is 99.6 Å². The van der Waals surface area contributed by atoms with Crippen LogP contribution in [-0.4, -0.2) is 5.16 Å². The van der Waals surface area contributed by atoms with E-state index in [4.69, 9.17) is 0 Å². The summed E-state index contributed by atoms with van der Waals surface area (Å²) in [6.07, 6.45) is 2.60. The van der Waals surface area contributed by atoms with Crippen molar-refractivity contribution in [2.75, 3.05) is 0 Å². The highest BCUT2D eigenvalue weighted by molar-refractivity contribution is 7.78. The first-order chi connectivity index (χ1) is 16.9. The van der Waals surface area contributed by atoms with Crippen molar-refractivity contribution in [1.29, 1.82) is 0 Å². The molecule has 0 radical (unpaired) electrons. The maximum absolute atomic E-state index is 14.3. The summed E-state index contributed by atoms with van der Waals surface area (Å²) in [5.41, 5.74) is 0.606. The molecule has 0 saturated carbocycles. The predicted molar refractivity (Wildman–Crippen MR) is 132 cm³/mol. The number of aliphatic imine (C=N–C) groups is 1. The van der Waals surface area contributed by atoms with Crippen LogP contribution in [0.5, 0.6) is 0 Å². The SMILES string of the molecule is CCCCC#Cc1cc(F)c(C#Cc2ccc(C#Cc3cc(F)c(N=C=S)c(F)c3)cc2)c(F)c1. The van der Waals surface area contributed by atoms with Gasteiger partial charge in [-0.2, -0.15) is 4.99 Å². The molecule has 0 N–H and O–H groups in total. The zero-order valence-corrected chi connectivity index (χ0v) is 19.4. The molecule has 6 heteroatoms. The normalized spacial score (nSPS) is 9.51. The fourth-order valence-electron chi connectivity index (χ4n) is 2.90. The zero-order valence-electron chi connectivity index (χ0n) is 18.6. The van der Waals surface area contributed by atoms with Crippen LogP contribution in [0.2, 0.25) is 0 Å². The first-order valence-electron chi connectivity index (χ1n) is 10.6. The molecule has 0 atom stereocenters. The van der Waals surface area contributed by atoms with E-state index in [0.717, 1.165) is 25.0 Å². The van der Waals surface area contributed by atoms with Crippen LogP contribution in [0.25, 0.3) is 0 Å². The Balaban J connectivity index is 1.76. The van der Waals surface area contributed by atoms with Crippen molar-refractivity contribution >= 4 is 23.1 Å². The monoisotopic (exact) mass is 487 g/mol. The summed E-state index contributed by atoms with van der Waals surface area (Å²) in [6.45, 7) is 2.04. The van der Waals surface area contributed by atoms with E-state index >= 15 is 0 Å². The molecule has 1 nitrogen and oxygen atoms in total. The molecule has 0 bridgehead atoms. The second-order valence-electron chi connectivity index (χ2n) is 7.29. The zero-order chi connectivity index (χ0) is 25.2. The number of hydrogen-bond donors (Lipinski definition) is 0. The molecule has 0 aliphatic rings. The summed E-state index contributed by atoms with van der Waals surface area (Å²) in [4.78, 5) is 3.35. The van der Waals surface area contributed by atoms with Gasteiger partial charge in [0.1, 0.15) is 17.3 Å². The smallest absolute Gasteiger partial charge is 0.153 e. The molecule has 0 fully saturated rings. The summed E-state index contributed by atoms with van der Waals surface area (Å²) >= 11 is 4.37. The van der Waals surface area contributed by atoms with Gasteiger partial charge in [-0.3, -0.25) is 0 Å². The standard InChI is InChI=1S/C29H17F4NS/c1-2-3-4-5-6-22-15-25(30)24(26(31)16-22)14-13-21-9-7-20(8-10-21)11-12-23-17-27(32)29(34-19-35)28(33)18-23/h7-10,15-18H,2-4H2,1H3. The highest BCUT2D eigenvalue weighted by Gasteiger charge is 2.10. The van der Waals surface area contributed by atoms with E-state index in [0.29, 0.717) is 17.5 Å². The maximum atomic E-state index is 14.3. The minimum Gasteiger partial charge on any atom is -0.205 e. The molecule has 0 heterocycles. The van der Waals surface area contributed by atoms with Crippen molar-refractivity contribution < 1.29 is 17.6 Å². The van der Waals surface area contributed by atoms with E-state index < -0.39 is 29.0 Å². The molecular formula is C29H17F4NS. The fraction of sp³-hybridized carbons (Fsp3) is 0.138. The Morgan fingerprint density at radius 3 is 1.71 bits per heavy atom. The molecule has 0 amide bonds. The Morgan fingerprint density at radius 2 is 1.17 bits per heavy atom. The molecule has 3 rings (SSSR count). The molecule has 35 heavy (non-hydrogen) atoms. The lowest BCUT2D eigenvalue weighted by atomic mass is 10.1. The van der Waals surface area contributed by atoms with Crippen LogP contribution in [0, 0.1) is 58.8 Å². The van der Waals surface area contributed by atoms with E-state index in [1.54, 1.807) is 24.3 Å². The Hall–Kier alpha value is -4.14. The summed E-state index contributed by atoms with van der Waals surface area (Å²) in [5.74, 6) is 13.0. The molecule has 3 aromatic carbocycles. The quantitative estimate of drug-likeness (QED) is 0.124. The highest BCUT2D eigenvalue weighted by atomic mass is 32.1. The number of nitrogens with zero attached hydrogens (tertiary/aromatic N) is 1. The average Bonchev–Trinajstić information content (AvgIpc) is 2.83. The van der Waals surface area contributed by atoms with E-state index in [1.807, 2.05) is 12.1 Å². The van der Waals surface area contributed by atoms with Gasteiger partial charge in [0.2, 0.25) is 0 Å². The van der Waals surface area contributed by atoms with Crippen LogP contribution >= 0.6 is 12.2 Å². The molecule has 0 spiro atoms. The molecule has 0 unspecified atom stereocenters. The molecular weight excluding hydrogens is 470 g/mol. The van der Waals surface area contributed by atoms with Crippen LogP contribution < -0.4 is 0 Å². The third-order valence-electron chi connectivity index (χ3n) is 4.67. The predicted octanol–water partition coefficient (Wildman–Crippen LogP) is 7.32. The summed E-state index contributed by atoms with van der Waals surface area (Å²) in [7, 11) is 0. The molecule has 172 valence electrons. The highest BCUT2D eigenvalue weighted by Crippen LogP contribution is 2.23. The average molecular weight is 488 g/mol. The van der Waals surface area contributed by atoms with Gasteiger partial charge in [-0.1, -0.05) is 48.9 Å². The third-order valence-corrected chi connectivity index (χ3v) is 4.76. The van der Waals surface area contributed by atoms with Crippen LogP contribution in [0.15, 0.2) is 53.5 Å². The molecule has 0 aliphatic carbocycles. The van der Waals surface area contributed by atoms with Gasteiger partial charge in [-0.25, -0.2) is 17.6 Å². The van der Waals surface area contributed by atoms with E-state index in [-0.39, 0.29) is 16.7 Å². The molecule has 0 aromatic heterocycles. The first-order valence-corrected chi connectivity index (χ1v) is 11.0. The maximum Gasteiger partial charge on any atom is 0.153 e. The van der Waals surface area contributed by atoms with Gasteiger partial charge in [0.15, 0.2) is 11.6 Å². The lowest BCUT2D eigenvalue weighted by molar-refractivity contribution is 0.577. The molecule has 0 saturated heterocycles. The number of unbranched alkanes of at least 4 members (excludes halogenated alkanes) is 2. The second-order valence-corrected chi connectivity index (χ2v) is 7.47. The number of thiocarbonyl (C=S) groups is 1. The Labute approximate surface area is 206 Å². The lowest BCUT2D eigenvalue weighted by Gasteiger charge is -1.99. The number of halogens is 4. The topological polar surface area (TPSA) is 12.4 Å². The minimum atomic E-state index is -0.895. The van der Waals surface area contributed by atoms with Crippen molar-refractivity contribution in [3.8, 4) is 35.5 Å². The van der Waals surface area contributed by atoms with Crippen LogP contribution in [-0.2, 0) is 0 Å². The van der Waals surface area contributed by atoms with Crippen LogP contribution in [0.4, 0.5) is 23.2 Å². The lowest BCUT2D eigenvalue weighted by Crippen LogP contribution is -1.92. The molecule has 3 aromatic rings. The van der Waals surface area contributed by atoms with E-state index in [9.17, 15) is 17.6 Å². The minimum absolute atomic E-state index is 0.122. The van der Waals surface area contributed by atoms with E-state index in [1.165, 1.54) is 12.1 Å². The van der Waals surface area contributed by atoms with Gasteiger partial charge in [0.25, 0.3) is 0 Å². The molecule has 0 aliphatic heterocycles. The van der Waals surface area contributed by atoms with Crippen LogP contribution in [0.3, 0.4) is 0 Å². The fourth-order valence-corrected chi connectivity index (χ4v) is 2.99. The second kappa shape index (κ2) is 12.4. The largest absolute Gasteiger partial charge is 0.205 e. The van der Waals surface area contributed by atoms with Crippen LogP contribution in [0.1, 0.15) is 54.0 Å². The van der Waals surface area contributed by atoms with Crippen molar-refractivity contribution in [2.24, 2.45) is 4.99 Å². The van der Waals surface area contributed by atoms with Gasteiger partial charge in [-0.05, 0) is 67.2 Å². The number of isothiocyanates is 1. The Bertz CT molecular complexity index is 1440. The summed E-state index contributed by atoms with van der Waals surface area (Å²) in [5, 5.41) is 1.92. The van der Waals surface area contributed by atoms with Gasteiger partial charge in [0, 0.05) is 28.7 Å². The number of rotatable bonds is 3. The van der Waals surface area contributed by atoms with Crippen molar-refractivity contribution in [1.82, 2.24) is 0 Å². The Kier molecular flexibility index (Phi) is 9.00.